The molecule has 2 amide bonds. The Morgan fingerprint density at radius 3 is 1.58 bits per heavy atom. The fourth-order valence-corrected chi connectivity index (χ4v) is 1.21. The van der Waals surface area contributed by atoms with Crippen molar-refractivity contribution in [2.24, 2.45) is 0 Å². The average Bonchev–Trinajstić information content (AvgIpc) is 2.41. The van der Waals surface area contributed by atoms with E-state index in [1.54, 1.807) is 14.1 Å². The summed E-state index contributed by atoms with van der Waals surface area (Å²) in [4.78, 5) is 25.4. The summed E-state index contributed by atoms with van der Waals surface area (Å²) in [5, 5.41) is 17.0. The molecule has 112 valence electrons. The van der Waals surface area contributed by atoms with Gasteiger partial charge in [0.2, 0.25) is 0 Å². The molecule has 19 heavy (non-hydrogen) atoms. The molecule has 0 aliphatic carbocycles. The van der Waals surface area contributed by atoms with Crippen molar-refractivity contribution in [3.63, 3.8) is 0 Å². The minimum absolute atomic E-state index is 0.0312. The standard InChI is InChI=1S/C11H22N2O6/c1-12(10(16)18-8-6-14)4-3-5-13(2)11(17)19-9-7-15/h14-15H,3-9H2,1-2H3. The summed E-state index contributed by atoms with van der Waals surface area (Å²) in [6.45, 7) is 0.356. The fraction of sp³-hybridized carbons (Fsp3) is 0.818. The van der Waals surface area contributed by atoms with Crippen LogP contribution in [0, 0.1) is 0 Å². The zero-order valence-corrected chi connectivity index (χ0v) is 11.4. The lowest BCUT2D eigenvalue weighted by Crippen LogP contribution is -2.33. The van der Waals surface area contributed by atoms with Gasteiger partial charge in [0.1, 0.15) is 13.2 Å². The highest BCUT2D eigenvalue weighted by Gasteiger charge is 2.12. The van der Waals surface area contributed by atoms with Crippen LogP contribution in [0.25, 0.3) is 0 Å². The summed E-state index contributed by atoms with van der Waals surface area (Å²) in [5.41, 5.74) is 0. The molecule has 0 aromatic heterocycles. The number of carbonyl (C=O) groups is 2. The highest BCUT2D eigenvalue weighted by atomic mass is 16.6. The highest BCUT2D eigenvalue weighted by molar-refractivity contribution is 5.67. The molecule has 0 bridgehead atoms. The second-order valence-electron chi connectivity index (χ2n) is 3.87. The molecular weight excluding hydrogens is 256 g/mol. The molecule has 0 fully saturated rings. The first-order valence-electron chi connectivity index (χ1n) is 6.00. The van der Waals surface area contributed by atoms with Crippen molar-refractivity contribution in [2.75, 3.05) is 53.6 Å². The molecule has 0 aromatic carbocycles. The van der Waals surface area contributed by atoms with Gasteiger partial charge < -0.3 is 29.5 Å². The van der Waals surface area contributed by atoms with Crippen LogP contribution in [0.3, 0.4) is 0 Å². The highest BCUT2D eigenvalue weighted by Crippen LogP contribution is 1.96. The Kier molecular flexibility index (Phi) is 9.55. The lowest BCUT2D eigenvalue weighted by atomic mass is 10.4. The molecule has 0 spiro atoms. The second kappa shape index (κ2) is 10.4. The zero-order chi connectivity index (χ0) is 14.7. The van der Waals surface area contributed by atoms with Crippen molar-refractivity contribution in [3.05, 3.63) is 0 Å². The topological polar surface area (TPSA) is 99.5 Å². The van der Waals surface area contributed by atoms with Crippen molar-refractivity contribution in [2.45, 2.75) is 6.42 Å². The van der Waals surface area contributed by atoms with E-state index in [-0.39, 0.29) is 26.4 Å². The first-order chi connectivity index (χ1) is 9.02. The van der Waals surface area contributed by atoms with Crippen LogP contribution in [0.2, 0.25) is 0 Å². The van der Waals surface area contributed by atoms with Gasteiger partial charge in [-0.15, -0.1) is 0 Å². The molecule has 0 saturated carbocycles. The van der Waals surface area contributed by atoms with Gasteiger partial charge >= 0.3 is 12.2 Å². The predicted octanol–water partition coefficient (Wildman–Crippen LogP) is -0.502. The molecule has 0 aromatic rings. The number of ether oxygens (including phenoxy) is 2. The smallest absolute Gasteiger partial charge is 0.409 e. The van der Waals surface area contributed by atoms with E-state index in [9.17, 15) is 9.59 Å². The maximum Gasteiger partial charge on any atom is 0.409 e. The van der Waals surface area contributed by atoms with Crippen LogP contribution >= 0.6 is 0 Å². The Morgan fingerprint density at radius 1 is 0.895 bits per heavy atom. The van der Waals surface area contributed by atoms with E-state index in [0.29, 0.717) is 19.5 Å². The summed E-state index contributed by atoms with van der Waals surface area (Å²) in [5.74, 6) is 0. The summed E-state index contributed by atoms with van der Waals surface area (Å²) in [6, 6.07) is 0. The largest absolute Gasteiger partial charge is 0.447 e. The number of amides is 2. The van der Waals surface area contributed by atoms with E-state index in [2.05, 4.69) is 0 Å². The first-order valence-corrected chi connectivity index (χ1v) is 6.00. The van der Waals surface area contributed by atoms with Crippen LogP contribution in [0.5, 0.6) is 0 Å². The van der Waals surface area contributed by atoms with Gasteiger partial charge in [-0.1, -0.05) is 0 Å². The van der Waals surface area contributed by atoms with Crippen LogP contribution < -0.4 is 0 Å². The van der Waals surface area contributed by atoms with E-state index in [0.717, 1.165) is 0 Å². The third-order valence-electron chi connectivity index (χ3n) is 2.24. The predicted molar refractivity (Wildman–Crippen MR) is 66.7 cm³/mol. The molecule has 0 aliphatic heterocycles. The second-order valence-corrected chi connectivity index (χ2v) is 3.87. The summed E-state index contributed by atoms with van der Waals surface area (Å²) in [6.07, 6.45) is -0.464. The first kappa shape index (κ1) is 17.5. The lowest BCUT2D eigenvalue weighted by Gasteiger charge is -2.20. The third kappa shape index (κ3) is 8.22. The Bertz CT molecular complexity index is 248. The van der Waals surface area contributed by atoms with Gasteiger partial charge in [0, 0.05) is 27.2 Å². The van der Waals surface area contributed by atoms with E-state index >= 15 is 0 Å². The lowest BCUT2D eigenvalue weighted by molar-refractivity contribution is 0.0848. The van der Waals surface area contributed by atoms with Crippen molar-refractivity contribution >= 4 is 12.2 Å². The normalized spacial score (nSPS) is 9.89. The van der Waals surface area contributed by atoms with Crippen molar-refractivity contribution in [1.29, 1.82) is 0 Å². The van der Waals surface area contributed by atoms with Crippen LogP contribution in [-0.4, -0.2) is 85.8 Å². The Labute approximate surface area is 112 Å². The molecule has 0 atom stereocenters. The number of rotatable bonds is 8. The monoisotopic (exact) mass is 278 g/mol. The van der Waals surface area contributed by atoms with Crippen molar-refractivity contribution in [3.8, 4) is 0 Å². The molecule has 8 heteroatoms. The molecule has 8 nitrogen and oxygen atoms in total. The van der Waals surface area contributed by atoms with Crippen LogP contribution in [0.1, 0.15) is 6.42 Å². The summed E-state index contributed by atoms with van der Waals surface area (Å²) >= 11 is 0. The maximum absolute atomic E-state index is 11.3. The molecule has 0 rings (SSSR count). The van der Waals surface area contributed by atoms with Gasteiger partial charge in [0.25, 0.3) is 0 Å². The Balaban J connectivity index is 3.76. The minimum Gasteiger partial charge on any atom is -0.447 e. The average molecular weight is 278 g/mol. The maximum atomic E-state index is 11.3. The van der Waals surface area contributed by atoms with Gasteiger partial charge in [-0.05, 0) is 6.42 Å². The Morgan fingerprint density at radius 2 is 1.26 bits per heavy atom. The zero-order valence-electron chi connectivity index (χ0n) is 11.4. The molecular formula is C11H22N2O6. The van der Waals surface area contributed by atoms with E-state index in [4.69, 9.17) is 19.7 Å². The number of carbonyl (C=O) groups excluding carboxylic acids is 2. The molecule has 0 radical (unpaired) electrons. The molecule has 0 unspecified atom stereocenters. The number of aliphatic hydroxyl groups excluding tert-OH is 2. The SMILES string of the molecule is CN(CCCN(C)C(=O)OCCO)C(=O)OCCO. The van der Waals surface area contributed by atoms with E-state index in [1.165, 1.54) is 9.80 Å². The van der Waals surface area contributed by atoms with Crippen LogP contribution in [0.4, 0.5) is 9.59 Å². The van der Waals surface area contributed by atoms with Gasteiger partial charge in [0.15, 0.2) is 0 Å². The van der Waals surface area contributed by atoms with Crippen molar-refractivity contribution in [1.82, 2.24) is 9.80 Å². The number of hydrogen-bond donors (Lipinski definition) is 2. The van der Waals surface area contributed by atoms with Crippen LogP contribution in [0.15, 0.2) is 0 Å². The summed E-state index contributed by atoms with van der Waals surface area (Å²) in [7, 11) is 3.15. The van der Waals surface area contributed by atoms with E-state index < -0.39 is 12.2 Å². The van der Waals surface area contributed by atoms with E-state index in [1.807, 2.05) is 0 Å². The van der Waals surface area contributed by atoms with Gasteiger partial charge in [-0.2, -0.15) is 0 Å². The third-order valence-corrected chi connectivity index (χ3v) is 2.24. The van der Waals surface area contributed by atoms with Crippen LogP contribution in [-0.2, 0) is 9.47 Å². The molecule has 2 N–H and O–H groups in total. The molecule has 0 aliphatic rings. The Hall–Kier alpha value is -1.54. The number of nitrogens with zero attached hydrogens (tertiary/aromatic N) is 2. The van der Waals surface area contributed by atoms with Gasteiger partial charge in [-0.3, -0.25) is 0 Å². The van der Waals surface area contributed by atoms with Gasteiger partial charge in [-0.25, -0.2) is 9.59 Å². The molecule has 0 heterocycles. The van der Waals surface area contributed by atoms with Gasteiger partial charge in [0.05, 0.1) is 13.2 Å². The number of aliphatic hydroxyl groups is 2. The summed E-state index contributed by atoms with van der Waals surface area (Å²) < 4.78 is 9.43. The molecule has 0 saturated heterocycles. The quantitative estimate of drug-likeness (QED) is 0.621. The van der Waals surface area contributed by atoms with Crippen molar-refractivity contribution < 1.29 is 29.3 Å². The fourth-order valence-electron chi connectivity index (χ4n) is 1.21. The minimum atomic E-state index is -0.514. The number of hydrogen-bond acceptors (Lipinski definition) is 6.